The fraction of sp³-hybridized carbons (Fsp3) is 0. The number of Topliss-reactive ketones (excluding diaryl/α,β-unsaturated/α-hetero) is 2. The summed E-state index contributed by atoms with van der Waals surface area (Å²) < 4.78 is 0. The molecule has 2 heteroatoms. The van der Waals surface area contributed by atoms with Crippen LogP contribution in [-0.2, 0) is 0 Å². The lowest BCUT2D eigenvalue weighted by Gasteiger charge is -1.97. The number of hydrogen-bond donors (Lipinski definition) is 0. The van der Waals surface area contributed by atoms with Gasteiger partial charge in [-0.2, -0.15) is 0 Å². The van der Waals surface area contributed by atoms with E-state index >= 15 is 0 Å². The van der Waals surface area contributed by atoms with Crippen LogP contribution in [0.25, 0.3) is 10.8 Å². The van der Waals surface area contributed by atoms with Gasteiger partial charge in [-0.05, 0) is 5.39 Å². The molecule has 0 fully saturated rings. The molecule has 0 unspecified atom stereocenters. The molecule has 0 saturated carbocycles. The molecule has 0 aromatic heterocycles. The second kappa shape index (κ2) is 5.73. The van der Waals surface area contributed by atoms with Crippen molar-refractivity contribution in [2.75, 3.05) is 0 Å². The van der Waals surface area contributed by atoms with Gasteiger partial charge in [0.25, 0.3) is 0 Å². The van der Waals surface area contributed by atoms with E-state index in [4.69, 9.17) is 0 Å². The molecule has 0 spiro atoms. The van der Waals surface area contributed by atoms with Gasteiger partial charge in [-0.25, -0.2) is 0 Å². The van der Waals surface area contributed by atoms with Gasteiger partial charge in [0.2, 0.25) is 11.6 Å². The highest BCUT2D eigenvalue weighted by Crippen LogP contribution is 2.30. The van der Waals surface area contributed by atoms with Gasteiger partial charge in [0.15, 0.2) is 0 Å². The molecule has 0 aliphatic heterocycles. The van der Waals surface area contributed by atoms with Crippen molar-refractivity contribution in [3.63, 3.8) is 0 Å². The van der Waals surface area contributed by atoms with E-state index in [9.17, 15) is 9.59 Å². The van der Waals surface area contributed by atoms with Gasteiger partial charge in [0.1, 0.15) is 0 Å². The van der Waals surface area contributed by atoms with Crippen molar-refractivity contribution in [2.24, 2.45) is 0 Å². The molecule has 3 rings (SSSR count). The third-order valence-electron chi connectivity index (χ3n) is 2.60. The highest BCUT2D eigenvalue weighted by molar-refractivity contribution is 6.57. The Bertz CT molecular complexity index is 561. The van der Waals surface area contributed by atoms with E-state index in [1.54, 1.807) is 24.3 Å². The maximum Gasteiger partial charge on any atom is 0.234 e. The van der Waals surface area contributed by atoms with E-state index in [0.29, 0.717) is 11.1 Å². The van der Waals surface area contributed by atoms with Crippen LogP contribution in [-0.4, -0.2) is 11.6 Å². The molecule has 90 valence electrons. The Balaban J connectivity index is 0.000000371. The molecule has 0 radical (unpaired) electrons. The van der Waals surface area contributed by atoms with Crippen LogP contribution in [0.15, 0.2) is 62.7 Å². The lowest BCUT2D eigenvalue weighted by atomic mass is 10.1. The van der Waals surface area contributed by atoms with Gasteiger partial charge in [0, 0.05) is 16.5 Å². The first-order valence-corrected chi connectivity index (χ1v) is 5.40. The van der Waals surface area contributed by atoms with Crippen LogP contribution in [0.1, 0.15) is 20.7 Å². The van der Waals surface area contributed by atoms with Crippen molar-refractivity contribution in [3.05, 3.63) is 73.8 Å². The minimum atomic E-state index is -0.378. The first-order valence-electron chi connectivity index (χ1n) is 5.40. The Labute approximate surface area is 106 Å². The first-order chi connectivity index (χ1) is 8.79. The van der Waals surface area contributed by atoms with E-state index in [-0.39, 0.29) is 11.6 Å². The van der Waals surface area contributed by atoms with Gasteiger partial charge >= 0.3 is 0 Å². The van der Waals surface area contributed by atoms with Crippen molar-refractivity contribution < 1.29 is 9.59 Å². The van der Waals surface area contributed by atoms with E-state index < -0.39 is 0 Å². The standard InChI is InChI=1S/C12H6O2.2C2H4/c13-11-8-5-1-3-7-4-2-6-9(10(7)8)12(11)14;2*1-2/h1-6H;2*1-2H2. The molecule has 1 aliphatic rings. The molecular weight excluding hydrogens is 224 g/mol. The van der Waals surface area contributed by atoms with Gasteiger partial charge in [-0.3, -0.25) is 9.59 Å². The zero-order chi connectivity index (χ0) is 13.7. The SMILES string of the molecule is C=C.C=C.O=C1C(=O)c2cccc3cccc1c23. The van der Waals surface area contributed by atoms with Crippen LogP contribution in [0.3, 0.4) is 0 Å². The van der Waals surface area contributed by atoms with E-state index in [1.807, 2.05) is 12.1 Å². The summed E-state index contributed by atoms with van der Waals surface area (Å²) in [6, 6.07) is 10.8. The maximum absolute atomic E-state index is 11.5. The number of carbonyl (C=O) groups is 2. The Morgan fingerprint density at radius 1 is 0.667 bits per heavy atom. The van der Waals surface area contributed by atoms with Crippen LogP contribution in [0.2, 0.25) is 0 Å². The number of hydrogen-bond acceptors (Lipinski definition) is 2. The van der Waals surface area contributed by atoms with Crippen molar-refractivity contribution in [3.8, 4) is 0 Å². The van der Waals surface area contributed by atoms with Crippen LogP contribution >= 0.6 is 0 Å². The van der Waals surface area contributed by atoms with Crippen molar-refractivity contribution in [2.45, 2.75) is 0 Å². The molecule has 0 heterocycles. The first kappa shape index (κ1) is 13.6. The molecule has 0 saturated heterocycles. The van der Waals surface area contributed by atoms with E-state index in [1.165, 1.54) is 0 Å². The Kier molecular flexibility index (Phi) is 4.33. The van der Waals surface area contributed by atoms with Crippen LogP contribution < -0.4 is 0 Å². The maximum atomic E-state index is 11.5. The molecule has 1 aliphatic carbocycles. The topological polar surface area (TPSA) is 34.1 Å². The quantitative estimate of drug-likeness (QED) is 0.516. The zero-order valence-electron chi connectivity index (χ0n) is 10.1. The summed E-state index contributed by atoms with van der Waals surface area (Å²) in [4.78, 5) is 23.1. The molecule has 0 bridgehead atoms. The van der Waals surface area contributed by atoms with Crippen LogP contribution in [0.5, 0.6) is 0 Å². The smallest absolute Gasteiger partial charge is 0.234 e. The van der Waals surface area contributed by atoms with E-state index in [2.05, 4.69) is 26.3 Å². The van der Waals surface area contributed by atoms with Crippen molar-refractivity contribution in [1.82, 2.24) is 0 Å². The zero-order valence-corrected chi connectivity index (χ0v) is 10.1. The number of rotatable bonds is 0. The summed E-state index contributed by atoms with van der Waals surface area (Å²) in [5.74, 6) is -0.756. The molecule has 18 heavy (non-hydrogen) atoms. The minimum Gasteiger partial charge on any atom is -0.285 e. The van der Waals surface area contributed by atoms with Crippen molar-refractivity contribution in [1.29, 1.82) is 0 Å². The molecular formula is C16H14O2. The monoisotopic (exact) mass is 238 g/mol. The van der Waals surface area contributed by atoms with E-state index in [0.717, 1.165) is 10.8 Å². The molecule has 0 atom stereocenters. The molecule has 2 aromatic rings. The fourth-order valence-corrected chi connectivity index (χ4v) is 1.96. The summed E-state index contributed by atoms with van der Waals surface area (Å²) in [6.07, 6.45) is 0. The second-order valence-corrected chi connectivity index (χ2v) is 3.37. The summed E-state index contributed by atoms with van der Waals surface area (Å²) in [5.41, 5.74) is 1.09. The van der Waals surface area contributed by atoms with Gasteiger partial charge < -0.3 is 0 Å². The van der Waals surface area contributed by atoms with Crippen LogP contribution in [0.4, 0.5) is 0 Å². The van der Waals surface area contributed by atoms with Gasteiger partial charge in [0.05, 0.1) is 0 Å². The van der Waals surface area contributed by atoms with Gasteiger partial charge in [-0.15, -0.1) is 26.3 Å². The average molecular weight is 238 g/mol. The lowest BCUT2D eigenvalue weighted by Crippen LogP contribution is -2.05. The summed E-state index contributed by atoms with van der Waals surface area (Å²) >= 11 is 0. The molecule has 0 amide bonds. The van der Waals surface area contributed by atoms with Crippen molar-refractivity contribution >= 4 is 22.3 Å². The second-order valence-electron chi connectivity index (χ2n) is 3.37. The average Bonchev–Trinajstić information content (AvgIpc) is 2.71. The number of carbonyl (C=O) groups excluding carboxylic acids is 2. The lowest BCUT2D eigenvalue weighted by molar-refractivity contribution is 0.0825. The highest BCUT2D eigenvalue weighted by Gasteiger charge is 2.29. The normalized spacial score (nSPS) is 11.3. The summed E-state index contributed by atoms with van der Waals surface area (Å²) in [6.45, 7) is 12.0. The summed E-state index contributed by atoms with van der Waals surface area (Å²) in [5, 5.41) is 1.77. The predicted molar refractivity (Wildman–Crippen MR) is 75.1 cm³/mol. The Morgan fingerprint density at radius 2 is 1.06 bits per heavy atom. The molecule has 2 aromatic carbocycles. The van der Waals surface area contributed by atoms with Gasteiger partial charge in [-0.1, -0.05) is 36.4 Å². The van der Waals surface area contributed by atoms with Crippen LogP contribution in [0, 0.1) is 0 Å². The number of benzene rings is 2. The predicted octanol–water partition coefficient (Wildman–Crippen LogP) is 3.82. The fourth-order valence-electron chi connectivity index (χ4n) is 1.96. The minimum absolute atomic E-state index is 0.378. The summed E-state index contributed by atoms with van der Waals surface area (Å²) in [7, 11) is 0. The third kappa shape index (κ3) is 1.89. The Hall–Kier alpha value is -2.48. The third-order valence-corrected chi connectivity index (χ3v) is 2.60. The largest absolute Gasteiger partial charge is 0.285 e. The Morgan fingerprint density at radius 3 is 1.44 bits per heavy atom. The molecule has 2 nitrogen and oxygen atoms in total. The molecule has 0 N–H and O–H groups in total. The number of ketones is 2. The highest BCUT2D eigenvalue weighted by atomic mass is 16.2.